The van der Waals surface area contributed by atoms with Crippen LogP contribution in [0, 0.1) is 0 Å². The summed E-state index contributed by atoms with van der Waals surface area (Å²) in [5.41, 5.74) is 0.938. The summed E-state index contributed by atoms with van der Waals surface area (Å²) >= 11 is 8.25. The van der Waals surface area contributed by atoms with Gasteiger partial charge in [-0.05, 0) is 5.56 Å². The van der Waals surface area contributed by atoms with Gasteiger partial charge in [0.05, 0.1) is 0 Å². The average Bonchev–Trinajstić information content (AvgIpc) is 2.88. The lowest BCUT2D eigenvalue weighted by atomic mass is 10.1. The van der Waals surface area contributed by atoms with Crippen molar-refractivity contribution < 1.29 is 14.3 Å². The zero-order chi connectivity index (χ0) is 14.3. The van der Waals surface area contributed by atoms with Gasteiger partial charge in [0, 0.05) is 5.75 Å². The summed E-state index contributed by atoms with van der Waals surface area (Å²) in [6, 6.07) is 9.02. The number of carbonyl (C=O) groups is 2. The minimum absolute atomic E-state index is 0.0516. The molecule has 0 aromatic heterocycles. The lowest BCUT2D eigenvalue weighted by Crippen LogP contribution is -2.67. The van der Waals surface area contributed by atoms with E-state index in [0.717, 1.165) is 5.56 Å². The van der Waals surface area contributed by atoms with Crippen molar-refractivity contribution in [3.8, 4) is 0 Å². The van der Waals surface area contributed by atoms with Crippen LogP contribution in [0.25, 0.3) is 0 Å². The van der Waals surface area contributed by atoms with Gasteiger partial charge in [0.2, 0.25) is 0 Å². The summed E-state index contributed by atoms with van der Waals surface area (Å²) in [7, 11) is 0. The maximum Gasteiger partial charge on any atom is 0.330 e. The van der Waals surface area contributed by atoms with E-state index in [4.69, 9.17) is 4.74 Å². The average molecular weight is 421 g/mol. The number of esters is 1. The monoisotopic (exact) mass is 419 g/mol. The molecule has 2 atom stereocenters. The number of nitrogens with zero attached hydrogens (tertiary/aromatic N) is 1. The largest absolute Gasteiger partial charge is 0.459 e. The third-order valence-corrected chi connectivity index (χ3v) is 6.88. The van der Waals surface area contributed by atoms with E-state index in [9.17, 15) is 9.59 Å². The maximum atomic E-state index is 12.1. The number of hydrogen-bond acceptors (Lipinski definition) is 4. The summed E-state index contributed by atoms with van der Waals surface area (Å²) in [4.78, 5) is 25.7. The molecule has 0 spiro atoms. The Bertz CT molecular complexity index is 552. The third-order valence-electron chi connectivity index (χ3n) is 3.33. The quantitative estimate of drug-likeness (QED) is 0.428. The zero-order valence-corrected chi connectivity index (χ0v) is 14.3. The van der Waals surface area contributed by atoms with Crippen molar-refractivity contribution in [2.24, 2.45) is 0 Å². The van der Waals surface area contributed by atoms with Crippen molar-refractivity contribution in [3.05, 3.63) is 35.9 Å². The summed E-state index contributed by atoms with van der Waals surface area (Å²) in [5.74, 6) is 0.116. The molecule has 2 aliphatic rings. The Balaban J connectivity index is 1.61. The fraction of sp³-hybridized carbons (Fsp3) is 0.385. The van der Waals surface area contributed by atoms with Gasteiger partial charge >= 0.3 is 5.97 Å². The van der Waals surface area contributed by atoms with Crippen LogP contribution < -0.4 is 0 Å². The summed E-state index contributed by atoms with van der Waals surface area (Å²) in [5, 5.41) is -0.0516. The predicted octanol–water partition coefficient (Wildman–Crippen LogP) is 2.50. The summed E-state index contributed by atoms with van der Waals surface area (Å²) in [6.45, 7) is 0.237. The van der Waals surface area contributed by atoms with Crippen LogP contribution in [0.4, 0.5) is 0 Å². The minimum atomic E-state index is -0.723. The van der Waals surface area contributed by atoms with Crippen molar-refractivity contribution in [2.45, 2.75) is 21.3 Å². The number of benzene rings is 1. The van der Waals surface area contributed by atoms with Gasteiger partial charge < -0.3 is 9.64 Å². The van der Waals surface area contributed by atoms with E-state index in [2.05, 4.69) is 31.9 Å². The van der Waals surface area contributed by atoms with E-state index >= 15 is 0 Å². The van der Waals surface area contributed by atoms with Crippen molar-refractivity contribution in [1.29, 1.82) is 0 Å². The number of thioether (sulfide) groups is 1. The van der Waals surface area contributed by atoms with Gasteiger partial charge in [0.15, 0.2) is 3.23 Å². The molecule has 20 heavy (non-hydrogen) atoms. The van der Waals surface area contributed by atoms with Gasteiger partial charge in [-0.3, -0.25) is 4.79 Å². The topological polar surface area (TPSA) is 46.6 Å². The molecule has 2 saturated heterocycles. The summed E-state index contributed by atoms with van der Waals surface area (Å²) < 4.78 is 4.58. The van der Waals surface area contributed by atoms with E-state index in [1.54, 1.807) is 16.7 Å². The molecular formula is C13H11Br2NO3S. The van der Waals surface area contributed by atoms with Crippen molar-refractivity contribution in [3.63, 3.8) is 0 Å². The maximum absolute atomic E-state index is 12.1. The highest BCUT2D eigenvalue weighted by molar-refractivity contribution is 9.26. The third kappa shape index (κ3) is 2.29. The second-order valence-electron chi connectivity index (χ2n) is 4.63. The standard InChI is InChI=1S/C13H11Br2NO3S/c14-13(15)11(18)16-9(7-20-12(13)16)10(17)19-6-8-4-2-1-3-5-8/h1-5,9,12H,6-7H2/t9?,12-/m1/s1. The van der Waals surface area contributed by atoms with E-state index < -0.39 is 9.28 Å². The Hall–Kier alpha value is -0.530. The van der Waals surface area contributed by atoms with Crippen LogP contribution in [-0.4, -0.2) is 37.2 Å². The molecule has 3 rings (SSSR count). The Morgan fingerprint density at radius 1 is 1.40 bits per heavy atom. The number of halogens is 2. The van der Waals surface area contributed by atoms with Crippen molar-refractivity contribution in [2.75, 3.05) is 5.75 Å². The fourth-order valence-corrected chi connectivity index (χ4v) is 5.27. The molecule has 1 aromatic carbocycles. The second-order valence-corrected chi connectivity index (χ2v) is 9.31. The normalized spacial score (nSPS) is 26.9. The van der Waals surface area contributed by atoms with Crippen LogP contribution in [0.15, 0.2) is 30.3 Å². The number of rotatable bonds is 3. The molecule has 106 valence electrons. The number of β-lactam (4-membered cyclic amide) rings is 1. The van der Waals surface area contributed by atoms with Crippen LogP contribution in [-0.2, 0) is 20.9 Å². The highest BCUT2D eigenvalue weighted by atomic mass is 79.9. The van der Waals surface area contributed by atoms with Gasteiger partial charge in [-0.15, -0.1) is 11.8 Å². The van der Waals surface area contributed by atoms with E-state index in [-0.39, 0.29) is 23.9 Å². The van der Waals surface area contributed by atoms with Crippen LogP contribution in [0.1, 0.15) is 5.56 Å². The molecule has 4 nitrogen and oxygen atoms in total. The first-order chi connectivity index (χ1) is 9.51. The lowest BCUT2D eigenvalue weighted by molar-refractivity contribution is -0.160. The molecule has 0 N–H and O–H groups in total. The predicted molar refractivity (Wildman–Crippen MR) is 83.7 cm³/mol. The summed E-state index contributed by atoms with van der Waals surface area (Å²) in [6.07, 6.45) is 0. The molecule has 0 saturated carbocycles. The number of carbonyl (C=O) groups excluding carboxylic acids is 2. The number of ether oxygens (including phenoxy) is 1. The van der Waals surface area contributed by atoms with E-state index in [1.807, 2.05) is 30.3 Å². The van der Waals surface area contributed by atoms with Gasteiger partial charge in [0.25, 0.3) is 5.91 Å². The fourth-order valence-electron chi connectivity index (χ4n) is 2.25. The Labute approximate surface area is 137 Å². The highest BCUT2D eigenvalue weighted by Gasteiger charge is 2.65. The first-order valence-electron chi connectivity index (χ1n) is 6.04. The number of alkyl halides is 2. The molecule has 0 radical (unpaired) electrons. The zero-order valence-electron chi connectivity index (χ0n) is 10.3. The number of hydrogen-bond donors (Lipinski definition) is 0. The molecule has 2 fully saturated rings. The van der Waals surface area contributed by atoms with Crippen LogP contribution in [0.2, 0.25) is 0 Å². The number of amides is 1. The molecule has 1 amide bonds. The van der Waals surface area contributed by atoms with E-state index in [0.29, 0.717) is 5.75 Å². The smallest absolute Gasteiger partial charge is 0.330 e. The first-order valence-corrected chi connectivity index (χ1v) is 8.68. The molecule has 1 unspecified atom stereocenters. The molecule has 2 aliphatic heterocycles. The molecular weight excluding hydrogens is 410 g/mol. The van der Waals surface area contributed by atoms with Gasteiger partial charge in [-0.2, -0.15) is 0 Å². The van der Waals surface area contributed by atoms with Crippen molar-refractivity contribution in [1.82, 2.24) is 4.90 Å². The Morgan fingerprint density at radius 2 is 2.10 bits per heavy atom. The lowest BCUT2D eigenvalue weighted by Gasteiger charge is -2.46. The van der Waals surface area contributed by atoms with Gasteiger partial charge in [0.1, 0.15) is 18.0 Å². The van der Waals surface area contributed by atoms with Gasteiger partial charge in [-0.25, -0.2) is 4.79 Å². The SMILES string of the molecule is O=C(OCc1ccccc1)C1CS[C@H]2N1C(=O)C2(Br)Br. The Morgan fingerprint density at radius 3 is 2.80 bits per heavy atom. The molecule has 7 heteroatoms. The Kier molecular flexibility index (Phi) is 3.85. The molecule has 1 aromatic rings. The molecule has 0 bridgehead atoms. The van der Waals surface area contributed by atoms with Gasteiger partial charge in [-0.1, -0.05) is 62.2 Å². The van der Waals surface area contributed by atoms with Crippen LogP contribution >= 0.6 is 43.6 Å². The van der Waals surface area contributed by atoms with Crippen LogP contribution in [0.3, 0.4) is 0 Å². The van der Waals surface area contributed by atoms with Crippen molar-refractivity contribution >= 4 is 55.5 Å². The highest BCUT2D eigenvalue weighted by Crippen LogP contribution is 2.54. The van der Waals surface area contributed by atoms with E-state index in [1.165, 1.54) is 0 Å². The van der Waals surface area contributed by atoms with Crippen LogP contribution in [0.5, 0.6) is 0 Å². The second kappa shape index (κ2) is 5.35. The molecule has 2 heterocycles. The first kappa shape index (κ1) is 14.4. The molecule has 0 aliphatic carbocycles. The minimum Gasteiger partial charge on any atom is -0.459 e. The number of fused-ring (bicyclic) bond motifs is 1.